The number of para-hydroxylation sites is 2. The third-order valence-electron chi connectivity index (χ3n) is 30.3. The summed E-state index contributed by atoms with van der Waals surface area (Å²) in [5.74, 6) is 6.78. The van der Waals surface area contributed by atoms with Gasteiger partial charge in [0.15, 0.2) is 0 Å². The normalized spacial score (nSPS) is 23.4. The highest BCUT2D eigenvalue weighted by Crippen LogP contribution is 2.72. The van der Waals surface area contributed by atoms with Crippen LogP contribution in [0.1, 0.15) is 111 Å². The zero-order chi connectivity index (χ0) is 75.6. The first-order chi connectivity index (χ1) is 56.7. The Labute approximate surface area is 672 Å². The first-order valence-corrected chi connectivity index (χ1v) is 42.6. The van der Waals surface area contributed by atoms with Gasteiger partial charge < -0.3 is 18.6 Å². The lowest BCUT2D eigenvalue weighted by Crippen LogP contribution is -2.55. The summed E-state index contributed by atoms with van der Waals surface area (Å²) in [5, 5.41) is 7.10. The summed E-state index contributed by atoms with van der Waals surface area (Å²) < 4.78 is 12.9. The summed E-state index contributed by atoms with van der Waals surface area (Å²) in [6.45, 7) is 4.73. The maximum absolute atomic E-state index is 6.47. The van der Waals surface area contributed by atoms with E-state index in [1.165, 1.54) is 153 Å². The molecule has 4 nitrogen and oxygen atoms in total. The molecular formula is C111H88N2O2. The Balaban J connectivity index is 0.000000129. The molecule has 0 aliphatic heterocycles. The summed E-state index contributed by atoms with van der Waals surface area (Å²) in [6.07, 6.45) is 14.2. The summed E-state index contributed by atoms with van der Waals surface area (Å²) in [5.41, 5.74) is 36.0. The third kappa shape index (κ3) is 9.60. The molecule has 8 fully saturated rings. The molecule has 17 aromatic rings. The number of benzene rings is 15. The highest BCUT2D eigenvalue weighted by molar-refractivity contribution is 6.08. The molecular weight excluding hydrogens is 1390 g/mol. The van der Waals surface area contributed by atoms with Crippen LogP contribution in [-0.4, -0.2) is 0 Å². The number of furan rings is 2. The summed E-state index contributed by atoms with van der Waals surface area (Å²) >= 11 is 0. The van der Waals surface area contributed by atoms with Crippen LogP contribution in [0, 0.1) is 47.3 Å². The average molecular weight is 1480 g/mol. The second-order valence-corrected chi connectivity index (χ2v) is 36.2. The van der Waals surface area contributed by atoms with Gasteiger partial charge in [0.1, 0.15) is 22.3 Å². The first-order valence-electron chi connectivity index (χ1n) is 42.6. The van der Waals surface area contributed by atoms with Gasteiger partial charge in [0.25, 0.3) is 0 Å². The van der Waals surface area contributed by atoms with Gasteiger partial charge in [0.05, 0.1) is 0 Å². The Morgan fingerprint density at radius 1 is 0.235 bits per heavy atom. The molecule has 28 rings (SSSR count). The minimum absolute atomic E-state index is 0.0985. The SMILES string of the molecule is CC1(C)c2ccccc2-c2ccc(N(c3ccc(-c4cccc5c4-c4ccccc4C54C5CC6CC(C5)CC4C6)cc3)c3ccc4c(c3)oc3ccccc34)cc21.c1ccc2c(c1)-c1c(-c3ccc(N(c4ccc(-c5cccc6ccccc56)cc4)c4ccc5c(c4)oc4ccccc45)cc3)cccc1C21C2CC3CC(C2)CC1C3. The summed E-state index contributed by atoms with van der Waals surface area (Å²) in [7, 11) is 0. The van der Waals surface area contributed by atoms with E-state index in [4.69, 9.17) is 8.83 Å². The topological polar surface area (TPSA) is 32.8 Å². The van der Waals surface area contributed by atoms with E-state index in [0.717, 1.165) is 125 Å². The quantitative estimate of drug-likeness (QED) is 0.144. The maximum atomic E-state index is 6.47. The van der Waals surface area contributed by atoms with Crippen LogP contribution in [-0.2, 0) is 16.2 Å². The van der Waals surface area contributed by atoms with Crippen LogP contribution in [0.2, 0.25) is 0 Å². The molecule has 0 N–H and O–H groups in total. The fraction of sp³-hybridized carbons (Fsp3) is 0.207. The Morgan fingerprint density at radius 2 is 0.565 bits per heavy atom. The smallest absolute Gasteiger partial charge is 0.137 e. The van der Waals surface area contributed by atoms with Crippen LogP contribution in [0.4, 0.5) is 34.1 Å². The number of nitrogens with zero attached hydrogens (tertiary/aromatic N) is 2. The van der Waals surface area contributed by atoms with E-state index in [2.05, 4.69) is 339 Å². The average Bonchev–Trinajstić information content (AvgIpc) is 1.53. The van der Waals surface area contributed by atoms with Crippen LogP contribution >= 0.6 is 0 Å². The van der Waals surface area contributed by atoms with E-state index >= 15 is 0 Å². The largest absolute Gasteiger partial charge is 0.456 e. The van der Waals surface area contributed by atoms with Gasteiger partial charge in [-0.1, -0.05) is 244 Å². The molecule has 2 heterocycles. The van der Waals surface area contributed by atoms with Crippen molar-refractivity contribution in [2.24, 2.45) is 47.3 Å². The molecule has 0 saturated heterocycles. The van der Waals surface area contributed by atoms with E-state index in [9.17, 15) is 0 Å². The van der Waals surface area contributed by atoms with Crippen molar-refractivity contribution in [2.45, 2.75) is 94.3 Å². The fourth-order valence-corrected chi connectivity index (χ4v) is 26.2. The van der Waals surface area contributed by atoms with Gasteiger partial charge in [0.2, 0.25) is 0 Å². The Hall–Kier alpha value is -12.2. The number of hydrogen-bond acceptors (Lipinski definition) is 4. The molecule has 0 atom stereocenters. The molecule has 115 heavy (non-hydrogen) atoms. The zero-order valence-corrected chi connectivity index (χ0v) is 65.1. The minimum atomic E-state index is -0.0985. The standard InChI is InChI=1S/C56H43NO.C55H45NO/c1-2-11-45-37(9-1)10-7-14-46(45)38-19-23-42(24-20-38)57(44-27-28-49-48-12-4-6-18-53(48)58-54(49)34-44)43-25-21-39(22-26-43)47-15-8-17-52-55(47)50-13-3-5-16-51(50)56(52)40-30-35-29-36(32-40)33-41(56)31-35;1-54(2)47-14-6-3-10-42(47)43-24-22-39(31-50(43)54)56(40-23-25-45-44-11-5-8-17-51(44)57-52(45)32-40)38-20-18-35(19-21-38)41-13-9-16-49-53(41)46-12-4-7-15-48(46)55(49)36-27-33-26-34(29-36)30-37(55)28-33/h1-28,34-36,40-41H,29-33H2;3-25,31-34,36-37H,26-30H2,1-2H3. The second kappa shape index (κ2) is 24.9. The fourth-order valence-electron chi connectivity index (χ4n) is 26.2. The predicted molar refractivity (Wildman–Crippen MR) is 475 cm³/mol. The van der Waals surface area contributed by atoms with Gasteiger partial charge in [-0.15, -0.1) is 0 Å². The number of hydrogen-bond donors (Lipinski definition) is 0. The second-order valence-electron chi connectivity index (χ2n) is 36.2. The van der Waals surface area contributed by atoms with Crippen molar-refractivity contribution in [3.63, 3.8) is 0 Å². The van der Waals surface area contributed by atoms with Crippen molar-refractivity contribution in [3.8, 4) is 66.8 Å². The van der Waals surface area contributed by atoms with Crippen LogP contribution in [0.5, 0.6) is 0 Å². The molecule has 15 aromatic carbocycles. The highest BCUT2D eigenvalue weighted by Gasteiger charge is 2.63. The molecule has 0 unspecified atom stereocenters. The first kappa shape index (κ1) is 66.2. The van der Waals surface area contributed by atoms with E-state index < -0.39 is 0 Å². The lowest BCUT2D eigenvalue weighted by Gasteiger charge is -2.61. The minimum Gasteiger partial charge on any atom is -0.456 e. The molecule has 11 aliphatic rings. The lowest BCUT2D eigenvalue weighted by atomic mass is 9.43. The van der Waals surface area contributed by atoms with Gasteiger partial charge in [-0.3, -0.25) is 0 Å². The molecule has 0 amide bonds. The Bertz CT molecular complexity index is 6800. The highest BCUT2D eigenvalue weighted by atomic mass is 16.3. The summed E-state index contributed by atoms with van der Waals surface area (Å²) in [6, 6.07) is 123. The monoisotopic (exact) mass is 1480 g/mol. The molecule has 11 aliphatic carbocycles. The number of fused-ring (bicyclic) bond motifs is 16. The van der Waals surface area contributed by atoms with Gasteiger partial charge in [-0.25, -0.2) is 0 Å². The van der Waals surface area contributed by atoms with Crippen LogP contribution in [0.3, 0.4) is 0 Å². The molecule has 8 saturated carbocycles. The van der Waals surface area contributed by atoms with Gasteiger partial charge in [-0.2, -0.15) is 0 Å². The van der Waals surface area contributed by atoms with Crippen LogP contribution < -0.4 is 9.80 Å². The third-order valence-corrected chi connectivity index (χ3v) is 30.3. The van der Waals surface area contributed by atoms with Crippen molar-refractivity contribution in [2.75, 3.05) is 9.80 Å². The lowest BCUT2D eigenvalue weighted by molar-refractivity contribution is -0.0399. The van der Waals surface area contributed by atoms with E-state index in [1.807, 2.05) is 12.1 Å². The van der Waals surface area contributed by atoms with Crippen molar-refractivity contribution in [1.82, 2.24) is 0 Å². The summed E-state index contributed by atoms with van der Waals surface area (Å²) in [4.78, 5) is 4.79. The van der Waals surface area contributed by atoms with Gasteiger partial charge in [0, 0.05) is 84.0 Å². The Kier molecular flexibility index (Phi) is 14.3. The van der Waals surface area contributed by atoms with Crippen molar-refractivity contribution >= 4 is 88.8 Å². The van der Waals surface area contributed by atoms with Crippen molar-refractivity contribution in [3.05, 3.63) is 361 Å². The van der Waals surface area contributed by atoms with Crippen molar-refractivity contribution in [1.29, 1.82) is 0 Å². The van der Waals surface area contributed by atoms with Crippen LogP contribution in [0.15, 0.2) is 336 Å². The van der Waals surface area contributed by atoms with Crippen molar-refractivity contribution < 1.29 is 8.83 Å². The zero-order valence-electron chi connectivity index (χ0n) is 65.1. The van der Waals surface area contributed by atoms with E-state index in [0.29, 0.717) is 0 Å². The predicted octanol–water partition coefficient (Wildman–Crippen LogP) is 30.0. The van der Waals surface area contributed by atoms with Gasteiger partial charge in [-0.05, 0) is 307 Å². The molecule has 0 radical (unpaired) electrons. The Morgan fingerprint density at radius 3 is 1.06 bits per heavy atom. The van der Waals surface area contributed by atoms with Crippen LogP contribution in [0.25, 0.3) is 121 Å². The molecule has 2 spiro atoms. The molecule has 4 heteroatoms. The molecule has 2 aromatic heterocycles. The van der Waals surface area contributed by atoms with E-state index in [-0.39, 0.29) is 16.2 Å². The van der Waals surface area contributed by atoms with Gasteiger partial charge >= 0.3 is 0 Å². The number of anilines is 6. The maximum Gasteiger partial charge on any atom is 0.137 e. The van der Waals surface area contributed by atoms with E-state index in [1.54, 1.807) is 22.3 Å². The molecule has 554 valence electrons. The number of rotatable bonds is 9. The molecule has 8 bridgehead atoms.